The van der Waals surface area contributed by atoms with Gasteiger partial charge in [0.15, 0.2) is 0 Å². The van der Waals surface area contributed by atoms with Gasteiger partial charge >= 0.3 is 0 Å². The molecule has 106 valence electrons. The number of allylic oxidation sites excluding steroid dienone is 2. The fourth-order valence-electron chi connectivity index (χ4n) is 2.04. The Labute approximate surface area is 120 Å². The fraction of sp³-hybridized carbons (Fsp3) is 0.286. The van der Waals surface area contributed by atoms with Crippen LogP contribution in [0.4, 0.5) is 0 Å². The highest BCUT2D eigenvalue weighted by Gasteiger charge is 2.35. The van der Waals surface area contributed by atoms with Crippen molar-refractivity contribution >= 4 is 23.2 Å². The lowest BCUT2D eigenvalue weighted by Crippen LogP contribution is -2.29. The first kappa shape index (κ1) is 14.4. The summed E-state index contributed by atoms with van der Waals surface area (Å²) in [6.07, 6.45) is 1.73. The van der Waals surface area contributed by atoms with Crippen molar-refractivity contribution in [1.82, 2.24) is 5.32 Å². The van der Waals surface area contributed by atoms with Crippen LogP contribution in [0.2, 0.25) is 0 Å². The number of ketones is 2. The summed E-state index contributed by atoms with van der Waals surface area (Å²) >= 11 is 5.91. The topological polar surface area (TPSA) is 86.6 Å². The molecule has 1 aliphatic rings. The number of hydrogen-bond donors (Lipinski definition) is 3. The van der Waals surface area contributed by atoms with E-state index in [4.69, 9.17) is 11.6 Å². The van der Waals surface area contributed by atoms with Crippen LogP contribution in [0, 0.1) is 0 Å². The molecular weight excluding hydrogens is 282 g/mol. The van der Waals surface area contributed by atoms with E-state index in [2.05, 4.69) is 5.32 Å². The smallest absolute Gasteiger partial charge is 0.215 e. The average molecular weight is 296 g/mol. The number of carbonyl (C=O) groups excluding carboxylic acids is 2. The molecule has 0 radical (unpaired) electrons. The molecule has 0 saturated carbocycles. The minimum Gasteiger partial charge on any atom is -0.507 e. The molecular formula is C14H14ClNO4. The first-order chi connectivity index (χ1) is 9.49. The monoisotopic (exact) mass is 295 g/mol. The zero-order valence-corrected chi connectivity index (χ0v) is 11.6. The van der Waals surface area contributed by atoms with Crippen LogP contribution in [0.5, 0.6) is 11.5 Å². The number of phenolic OH excluding ortho intramolecular Hbond substituents is 2. The molecule has 6 heteroatoms. The van der Waals surface area contributed by atoms with Crippen LogP contribution < -0.4 is 5.32 Å². The van der Waals surface area contributed by atoms with Crippen molar-refractivity contribution in [2.45, 2.75) is 19.8 Å². The van der Waals surface area contributed by atoms with Gasteiger partial charge in [-0.25, -0.2) is 0 Å². The van der Waals surface area contributed by atoms with Crippen LogP contribution in [0.1, 0.15) is 40.5 Å². The Morgan fingerprint density at radius 2 is 1.65 bits per heavy atom. The van der Waals surface area contributed by atoms with Gasteiger partial charge in [-0.2, -0.15) is 0 Å². The molecule has 0 fully saturated rings. The van der Waals surface area contributed by atoms with Gasteiger partial charge in [0.25, 0.3) is 0 Å². The quantitative estimate of drug-likeness (QED) is 0.586. The normalized spacial score (nSPS) is 14.5. The Morgan fingerprint density at radius 3 is 2.20 bits per heavy atom. The summed E-state index contributed by atoms with van der Waals surface area (Å²) in [6, 6.07) is 2.32. The second kappa shape index (κ2) is 5.54. The lowest BCUT2D eigenvalue weighted by molar-refractivity contribution is 0.0969. The van der Waals surface area contributed by atoms with Gasteiger partial charge in [-0.05, 0) is 18.6 Å². The number of Topliss-reactive ketones (excluding diaryl/α,β-unsaturated/α-hetero) is 2. The van der Waals surface area contributed by atoms with Crippen LogP contribution in [-0.2, 0) is 0 Å². The van der Waals surface area contributed by atoms with Gasteiger partial charge in [0.1, 0.15) is 22.2 Å². The van der Waals surface area contributed by atoms with Crippen molar-refractivity contribution < 1.29 is 19.8 Å². The summed E-state index contributed by atoms with van der Waals surface area (Å²) in [5.74, 6) is -1.99. The molecule has 5 nitrogen and oxygen atoms in total. The van der Waals surface area contributed by atoms with E-state index in [1.807, 2.05) is 6.92 Å². The molecule has 0 spiro atoms. The Hall–Kier alpha value is -2.01. The van der Waals surface area contributed by atoms with E-state index in [0.717, 1.165) is 18.9 Å². The van der Waals surface area contributed by atoms with E-state index in [9.17, 15) is 19.8 Å². The summed E-state index contributed by atoms with van der Waals surface area (Å²) < 4.78 is 0. The van der Waals surface area contributed by atoms with Crippen LogP contribution >= 0.6 is 11.6 Å². The predicted octanol–water partition coefficient (Wildman–Crippen LogP) is 2.32. The minimum absolute atomic E-state index is 0.0292. The molecule has 2 rings (SSSR count). The summed E-state index contributed by atoms with van der Waals surface area (Å²) in [6.45, 7) is 2.49. The summed E-state index contributed by atoms with van der Waals surface area (Å²) in [7, 11) is 0. The number of benzene rings is 1. The number of unbranched alkanes of at least 4 members (excludes halogenated alkanes) is 1. The number of carbonyl (C=O) groups is 2. The standard InChI is InChI=1S/C14H14ClNO4/c1-2-3-6-16-12-11(15)13(19)9-7(17)4-5-8(18)10(9)14(12)20/h4-5,16-18H,2-3,6H2,1H3. The second-order valence-corrected chi connectivity index (χ2v) is 4.86. The zero-order chi connectivity index (χ0) is 14.9. The second-order valence-electron chi connectivity index (χ2n) is 4.48. The van der Waals surface area contributed by atoms with Gasteiger partial charge in [0.05, 0.1) is 11.1 Å². The predicted molar refractivity (Wildman–Crippen MR) is 74.2 cm³/mol. The van der Waals surface area contributed by atoms with Crippen molar-refractivity contribution in [1.29, 1.82) is 0 Å². The maximum absolute atomic E-state index is 12.3. The van der Waals surface area contributed by atoms with Gasteiger partial charge in [0.2, 0.25) is 11.6 Å². The van der Waals surface area contributed by atoms with Crippen LogP contribution in [0.3, 0.4) is 0 Å². The molecule has 20 heavy (non-hydrogen) atoms. The van der Waals surface area contributed by atoms with Crippen molar-refractivity contribution in [3.8, 4) is 11.5 Å². The molecule has 1 aromatic rings. The zero-order valence-electron chi connectivity index (χ0n) is 10.9. The van der Waals surface area contributed by atoms with Crippen LogP contribution in [0.15, 0.2) is 22.9 Å². The number of rotatable bonds is 4. The molecule has 0 aromatic heterocycles. The van der Waals surface area contributed by atoms with Crippen molar-refractivity contribution in [3.63, 3.8) is 0 Å². The third-order valence-electron chi connectivity index (χ3n) is 3.09. The largest absolute Gasteiger partial charge is 0.507 e. The van der Waals surface area contributed by atoms with E-state index in [1.165, 1.54) is 6.07 Å². The lowest BCUT2D eigenvalue weighted by Gasteiger charge is -2.20. The van der Waals surface area contributed by atoms with Gasteiger partial charge in [-0.15, -0.1) is 0 Å². The van der Waals surface area contributed by atoms with E-state index < -0.39 is 11.6 Å². The van der Waals surface area contributed by atoms with Crippen LogP contribution in [-0.4, -0.2) is 28.3 Å². The number of phenols is 2. The van der Waals surface area contributed by atoms with E-state index in [-0.39, 0.29) is 33.4 Å². The molecule has 1 aromatic carbocycles. The molecule has 0 amide bonds. The van der Waals surface area contributed by atoms with E-state index in [0.29, 0.717) is 6.54 Å². The Bertz CT molecular complexity index is 622. The maximum atomic E-state index is 12.3. The molecule has 0 atom stereocenters. The van der Waals surface area contributed by atoms with Gasteiger partial charge < -0.3 is 15.5 Å². The van der Waals surface area contributed by atoms with E-state index in [1.54, 1.807) is 0 Å². The summed E-state index contributed by atoms with van der Waals surface area (Å²) in [5.41, 5.74) is -0.488. The maximum Gasteiger partial charge on any atom is 0.215 e. The molecule has 0 unspecified atom stereocenters. The lowest BCUT2D eigenvalue weighted by atomic mass is 9.90. The number of halogens is 1. The highest BCUT2D eigenvalue weighted by Crippen LogP contribution is 2.37. The van der Waals surface area contributed by atoms with Crippen molar-refractivity contribution in [2.75, 3.05) is 6.54 Å². The molecule has 3 N–H and O–H groups in total. The van der Waals surface area contributed by atoms with Crippen LogP contribution in [0.25, 0.3) is 0 Å². The van der Waals surface area contributed by atoms with Gasteiger partial charge in [-0.1, -0.05) is 24.9 Å². The van der Waals surface area contributed by atoms with Gasteiger partial charge in [-0.3, -0.25) is 9.59 Å². The third kappa shape index (κ3) is 2.25. The Morgan fingerprint density at radius 1 is 1.10 bits per heavy atom. The summed E-state index contributed by atoms with van der Waals surface area (Å²) in [4.78, 5) is 24.4. The molecule has 0 aliphatic heterocycles. The molecule has 0 saturated heterocycles. The number of nitrogens with one attached hydrogen (secondary N) is 1. The van der Waals surface area contributed by atoms with Crippen molar-refractivity contribution in [3.05, 3.63) is 34.0 Å². The van der Waals surface area contributed by atoms with Crippen molar-refractivity contribution in [2.24, 2.45) is 0 Å². The first-order valence-electron chi connectivity index (χ1n) is 6.27. The molecule has 0 bridgehead atoms. The Kier molecular flexibility index (Phi) is 3.99. The summed E-state index contributed by atoms with van der Waals surface area (Å²) in [5, 5.41) is 22.0. The van der Waals surface area contributed by atoms with E-state index >= 15 is 0 Å². The molecule has 0 heterocycles. The minimum atomic E-state index is -0.673. The first-order valence-corrected chi connectivity index (χ1v) is 6.64. The average Bonchev–Trinajstić information content (AvgIpc) is 2.42. The third-order valence-corrected chi connectivity index (χ3v) is 3.45. The fourth-order valence-corrected chi connectivity index (χ4v) is 2.28. The highest BCUT2D eigenvalue weighted by atomic mass is 35.5. The highest BCUT2D eigenvalue weighted by molar-refractivity contribution is 6.50. The SMILES string of the molecule is CCCCNC1=C(Cl)C(=O)c2c(O)ccc(O)c2C1=O. The van der Waals surface area contributed by atoms with Gasteiger partial charge in [0, 0.05) is 6.54 Å². The number of aromatic hydroxyl groups is 2. The number of fused-ring (bicyclic) bond motifs is 1. The molecule has 1 aliphatic carbocycles. The Balaban J connectivity index is 2.49. The number of hydrogen-bond acceptors (Lipinski definition) is 5.